The van der Waals surface area contributed by atoms with E-state index in [0.29, 0.717) is 23.3 Å². The van der Waals surface area contributed by atoms with Gasteiger partial charge in [0.15, 0.2) is 11.6 Å². The van der Waals surface area contributed by atoms with Gasteiger partial charge in [0.2, 0.25) is 0 Å². The fourth-order valence-electron chi connectivity index (χ4n) is 4.05. The third-order valence-electron chi connectivity index (χ3n) is 5.94. The van der Waals surface area contributed by atoms with Crippen LogP contribution >= 0.6 is 0 Å². The van der Waals surface area contributed by atoms with Crippen LogP contribution in [0.2, 0.25) is 0 Å². The Labute approximate surface area is 163 Å². The zero-order chi connectivity index (χ0) is 19.7. The minimum absolute atomic E-state index is 0.0101. The molecule has 4 rings (SSSR count). The lowest BCUT2D eigenvalue weighted by Crippen LogP contribution is -2.21. The molecule has 2 fully saturated rings. The summed E-state index contributed by atoms with van der Waals surface area (Å²) in [6, 6.07) is 8.61. The topological polar surface area (TPSA) is 21.8 Å². The van der Waals surface area contributed by atoms with Crippen LogP contribution in [-0.4, -0.2) is 12.7 Å². The Balaban J connectivity index is 1.33. The van der Waals surface area contributed by atoms with Crippen LogP contribution in [-0.2, 0) is 22.5 Å². The van der Waals surface area contributed by atoms with E-state index in [0.717, 1.165) is 37.7 Å². The molecule has 28 heavy (non-hydrogen) atoms. The Morgan fingerprint density at radius 2 is 1.64 bits per heavy atom. The number of hydrogen-bond donors (Lipinski definition) is 0. The predicted molar refractivity (Wildman–Crippen MR) is 101 cm³/mol. The number of aryl methyl sites for hydroxylation is 1. The van der Waals surface area contributed by atoms with Crippen molar-refractivity contribution in [3.05, 3.63) is 70.0 Å². The molecule has 0 spiro atoms. The molecule has 0 N–H and O–H groups in total. The predicted octanol–water partition coefficient (Wildman–Crippen LogP) is 5.98. The van der Waals surface area contributed by atoms with E-state index in [2.05, 4.69) is 0 Å². The quantitative estimate of drug-likeness (QED) is 0.566. The summed E-state index contributed by atoms with van der Waals surface area (Å²) in [6.45, 7) is 2.69. The second kappa shape index (κ2) is 8.26. The van der Waals surface area contributed by atoms with E-state index in [-0.39, 0.29) is 30.5 Å². The van der Waals surface area contributed by atoms with Gasteiger partial charge in [-0.05, 0) is 55.2 Å². The van der Waals surface area contributed by atoms with Crippen molar-refractivity contribution in [1.82, 2.24) is 0 Å². The highest BCUT2D eigenvalue weighted by Crippen LogP contribution is 2.39. The molecule has 0 aromatic heterocycles. The molecule has 1 aliphatic carbocycles. The summed E-state index contributed by atoms with van der Waals surface area (Å²) in [7, 11) is 0. The van der Waals surface area contributed by atoms with Gasteiger partial charge in [-0.15, -0.1) is 0 Å². The Bertz CT molecular complexity index is 840. The first-order valence-corrected chi connectivity index (χ1v) is 10.0. The number of rotatable bonds is 6. The fourth-order valence-corrected chi connectivity index (χ4v) is 4.05. The van der Waals surface area contributed by atoms with Crippen molar-refractivity contribution < 1.29 is 22.6 Å². The molecule has 5 heteroatoms. The Morgan fingerprint density at radius 1 is 0.964 bits per heavy atom. The molecular formula is C23H25F3O2. The van der Waals surface area contributed by atoms with Crippen LogP contribution in [0.25, 0.3) is 0 Å². The summed E-state index contributed by atoms with van der Waals surface area (Å²) in [5, 5.41) is 0. The van der Waals surface area contributed by atoms with Gasteiger partial charge in [0.05, 0.1) is 19.3 Å². The van der Waals surface area contributed by atoms with Gasteiger partial charge in [-0.1, -0.05) is 31.2 Å². The zero-order valence-corrected chi connectivity index (χ0v) is 16.0. The number of epoxide rings is 1. The molecule has 1 unspecified atom stereocenters. The lowest BCUT2D eigenvalue weighted by Gasteiger charge is -2.29. The van der Waals surface area contributed by atoms with Gasteiger partial charge in [0.25, 0.3) is 0 Å². The van der Waals surface area contributed by atoms with E-state index < -0.39 is 11.6 Å². The molecule has 2 aromatic rings. The molecule has 2 aliphatic rings. The summed E-state index contributed by atoms with van der Waals surface area (Å²) in [5.41, 5.74) is 2.29. The lowest BCUT2D eigenvalue weighted by atomic mass is 9.82. The summed E-state index contributed by atoms with van der Waals surface area (Å²) in [6.07, 6.45) is 3.51. The van der Waals surface area contributed by atoms with Crippen LogP contribution in [0.4, 0.5) is 13.2 Å². The molecular weight excluding hydrogens is 365 g/mol. The molecule has 1 atom stereocenters. The minimum Gasteiger partial charge on any atom is -0.373 e. The molecule has 1 heterocycles. The van der Waals surface area contributed by atoms with Crippen molar-refractivity contribution in [3.8, 4) is 0 Å². The Hall–Kier alpha value is -1.85. The van der Waals surface area contributed by atoms with Crippen LogP contribution in [0.15, 0.2) is 30.3 Å². The molecule has 0 radical (unpaired) electrons. The van der Waals surface area contributed by atoms with Gasteiger partial charge in [-0.3, -0.25) is 0 Å². The molecule has 2 nitrogen and oxygen atoms in total. The number of benzene rings is 2. The first-order chi connectivity index (χ1) is 13.6. The van der Waals surface area contributed by atoms with E-state index >= 15 is 0 Å². The van der Waals surface area contributed by atoms with Gasteiger partial charge in [0.1, 0.15) is 11.9 Å². The van der Waals surface area contributed by atoms with Crippen LogP contribution in [0.5, 0.6) is 0 Å². The first-order valence-electron chi connectivity index (χ1n) is 10.0. The third kappa shape index (κ3) is 4.11. The number of ether oxygens (including phenoxy) is 2. The maximum atomic E-state index is 14.5. The van der Waals surface area contributed by atoms with Gasteiger partial charge >= 0.3 is 0 Å². The zero-order valence-electron chi connectivity index (χ0n) is 16.0. The van der Waals surface area contributed by atoms with Crippen LogP contribution in [0.1, 0.15) is 66.9 Å². The summed E-state index contributed by atoms with van der Waals surface area (Å²) < 4.78 is 53.8. The van der Waals surface area contributed by atoms with E-state index in [1.807, 2.05) is 13.0 Å². The summed E-state index contributed by atoms with van der Waals surface area (Å²) >= 11 is 0. The van der Waals surface area contributed by atoms with Gasteiger partial charge in [-0.25, -0.2) is 13.2 Å². The van der Waals surface area contributed by atoms with Crippen molar-refractivity contribution in [3.63, 3.8) is 0 Å². The molecule has 0 bridgehead atoms. The minimum atomic E-state index is -0.774. The highest BCUT2D eigenvalue weighted by molar-refractivity contribution is 5.32. The average molecular weight is 390 g/mol. The van der Waals surface area contributed by atoms with Crippen molar-refractivity contribution >= 4 is 0 Å². The van der Waals surface area contributed by atoms with Gasteiger partial charge in [-0.2, -0.15) is 0 Å². The van der Waals surface area contributed by atoms with Crippen LogP contribution in [0.3, 0.4) is 0 Å². The highest BCUT2D eigenvalue weighted by atomic mass is 19.2. The monoisotopic (exact) mass is 390 g/mol. The van der Waals surface area contributed by atoms with Crippen LogP contribution in [0, 0.1) is 17.5 Å². The second-order valence-corrected chi connectivity index (χ2v) is 7.76. The van der Waals surface area contributed by atoms with E-state index in [1.165, 1.54) is 0 Å². The van der Waals surface area contributed by atoms with Crippen molar-refractivity contribution in [1.29, 1.82) is 0 Å². The fraction of sp³-hybridized carbons (Fsp3) is 0.478. The molecule has 2 aromatic carbocycles. The van der Waals surface area contributed by atoms with E-state index in [4.69, 9.17) is 9.47 Å². The molecule has 1 aliphatic heterocycles. The molecule has 150 valence electrons. The maximum Gasteiger partial charge on any atom is 0.165 e. The number of hydrogen-bond acceptors (Lipinski definition) is 2. The van der Waals surface area contributed by atoms with E-state index in [1.54, 1.807) is 24.3 Å². The summed E-state index contributed by atoms with van der Waals surface area (Å²) in [4.78, 5) is 0. The van der Waals surface area contributed by atoms with Gasteiger partial charge < -0.3 is 9.47 Å². The Kier molecular flexibility index (Phi) is 5.74. The van der Waals surface area contributed by atoms with Crippen molar-refractivity contribution in [2.24, 2.45) is 0 Å². The molecule has 0 amide bonds. The third-order valence-corrected chi connectivity index (χ3v) is 5.94. The van der Waals surface area contributed by atoms with Gasteiger partial charge in [0, 0.05) is 11.1 Å². The maximum absolute atomic E-state index is 14.5. The first kappa shape index (κ1) is 19.5. The Morgan fingerprint density at radius 3 is 2.29 bits per heavy atom. The van der Waals surface area contributed by atoms with Crippen molar-refractivity contribution in [2.75, 3.05) is 6.61 Å². The lowest BCUT2D eigenvalue weighted by molar-refractivity contribution is 0.0118. The normalized spacial score (nSPS) is 24.4. The highest BCUT2D eigenvalue weighted by Gasteiger charge is 2.32. The molecule has 1 saturated carbocycles. The number of halogens is 3. The van der Waals surface area contributed by atoms with Crippen LogP contribution < -0.4 is 0 Å². The smallest absolute Gasteiger partial charge is 0.165 e. The summed E-state index contributed by atoms with van der Waals surface area (Å²) in [5.74, 6) is -1.76. The largest absolute Gasteiger partial charge is 0.373 e. The molecule has 1 saturated heterocycles. The van der Waals surface area contributed by atoms with E-state index in [9.17, 15) is 13.2 Å². The second-order valence-electron chi connectivity index (χ2n) is 7.76. The average Bonchev–Trinajstić information content (AvgIpc) is 3.55. The van der Waals surface area contributed by atoms with Crippen molar-refractivity contribution in [2.45, 2.75) is 63.8 Å². The SMILES string of the molecule is CCc1ccc(COC2CCC(c3ccc(C4CO4)c(F)c3F)CC2)c(F)c1. The standard InChI is InChI=1S/C23H25F3O2/c1-2-14-3-4-16(20(24)11-14)12-27-17-7-5-15(6-8-17)18-9-10-19(21-13-28-21)23(26)22(18)25/h3-4,9-11,15,17,21H,2,5-8,12-13H2,1H3.